The standard InChI is InChI=1S/C31H34BF2N11O11P2S/c32-57(48)50-8-16-24(20(34)29(53-16)44-12-40-21-25(36)38-11-39-26(21)44)56-58(49,59-10-14-3-5-15(6-4-14)52-18(46)2-1-7-35)51-9-17-23(55-57)19(33)30(54-17)45-13-41-22-27(45)42-31(37)43-28(22)47/h3-6,11-13,16-17,19-20,23-24,29-30H,1-2,7-10,35H2,(H2,36,38,39)(H3,37,42,43,47)/t16-,17-,19-,20-,23-,24-,29-,30-,57+,58-/m1/s1. The lowest BCUT2D eigenvalue weighted by atomic mass is 10.1. The highest BCUT2D eigenvalue weighted by atomic mass is 32.7. The van der Waals surface area contributed by atoms with Crippen LogP contribution in [0.2, 0.25) is 0 Å². The van der Waals surface area contributed by atoms with Gasteiger partial charge in [0.1, 0.15) is 42.0 Å². The third kappa shape index (κ3) is 8.51. The van der Waals surface area contributed by atoms with Gasteiger partial charge in [0.25, 0.3) is 13.0 Å². The molecule has 0 saturated carbocycles. The summed E-state index contributed by atoms with van der Waals surface area (Å²) in [7, 11) is 1.23. The molecule has 0 unspecified atom stereocenters. The van der Waals surface area contributed by atoms with Crippen LogP contribution in [0, 0.1) is 0 Å². The highest BCUT2D eigenvalue weighted by molar-refractivity contribution is 8.54. The van der Waals surface area contributed by atoms with Gasteiger partial charge in [0.2, 0.25) is 13.5 Å². The van der Waals surface area contributed by atoms with Crippen LogP contribution in [-0.4, -0.2) is 109 Å². The molecule has 5 aromatic rings. The zero-order valence-corrected chi connectivity index (χ0v) is 33.0. The third-order valence-electron chi connectivity index (χ3n) is 9.38. The quantitative estimate of drug-likeness (QED) is 0.0715. The van der Waals surface area contributed by atoms with Crippen LogP contribution < -0.4 is 27.5 Å². The number of aromatic amines is 1. The van der Waals surface area contributed by atoms with E-state index in [9.17, 15) is 18.7 Å². The summed E-state index contributed by atoms with van der Waals surface area (Å²) in [4.78, 5) is 47.0. The number of nitrogen functional groups attached to an aromatic ring is 2. The Morgan fingerprint density at radius 3 is 2.27 bits per heavy atom. The number of esters is 1. The van der Waals surface area contributed by atoms with Crippen molar-refractivity contribution in [2.75, 3.05) is 31.2 Å². The molecule has 0 amide bonds. The van der Waals surface area contributed by atoms with Gasteiger partial charge in [-0.3, -0.25) is 37.3 Å². The molecule has 8 rings (SSSR count). The number of nitrogens with one attached hydrogen (secondary N) is 1. The molecule has 7 heterocycles. The maximum absolute atomic E-state index is 16.7. The average molecular weight is 880 g/mol. The molecule has 59 heavy (non-hydrogen) atoms. The van der Waals surface area contributed by atoms with Gasteiger partial charge in [-0.2, -0.15) is 4.98 Å². The Morgan fingerprint density at radius 1 is 0.932 bits per heavy atom. The van der Waals surface area contributed by atoms with E-state index in [0.29, 0.717) is 29.9 Å². The number of benzene rings is 1. The number of nitrogens with zero attached hydrogens (tertiary/aromatic N) is 7. The zero-order chi connectivity index (χ0) is 41.6. The minimum Gasteiger partial charge on any atom is -0.427 e. The fourth-order valence-electron chi connectivity index (χ4n) is 6.57. The number of halogens is 2. The number of anilines is 2. The van der Waals surface area contributed by atoms with E-state index in [-0.39, 0.29) is 52.0 Å². The summed E-state index contributed by atoms with van der Waals surface area (Å²) in [5, 5.41) is 0. The van der Waals surface area contributed by atoms with Crippen LogP contribution in [0.3, 0.4) is 0 Å². The molecule has 3 fully saturated rings. The van der Waals surface area contributed by atoms with Crippen LogP contribution in [0.1, 0.15) is 30.9 Å². The van der Waals surface area contributed by atoms with E-state index in [4.69, 9.17) is 57.1 Å². The lowest BCUT2D eigenvalue weighted by Crippen LogP contribution is -2.37. The Morgan fingerprint density at radius 2 is 1.58 bits per heavy atom. The summed E-state index contributed by atoms with van der Waals surface area (Å²) in [5.41, 5.74) is 16.9. The van der Waals surface area contributed by atoms with Gasteiger partial charge in [-0.05, 0) is 42.0 Å². The van der Waals surface area contributed by atoms with Gasteiger partial charge < -0.3 is 40.5 Å². The van der Waals surface area contributed by atoms with Gasteiger partial charge in [0, 0.05) is 12.2 Å². The lowest BCUT2D eigenvalue weighted by molar-refractivity contribution is -0.134. The smallest absolute Gasteiger partial charge is 0.389 e. The van der Waals surface area contributed by atoms with Crippen molar-refractivity contribution in [3.8, 4) is 5.75 Å². The molecule has 7 N–H and O–H groups in total. The molecule has 3 saturated heterocycles. The van der Waals surface area contributed by atoms with Crippen LogP contribution in [0.25, 0.3) is 22.3 Å². The molecule has 3 aliphatic heterocycles. The molecule has 22 nitrogen and oxygen atoms in total. The second-order valence-corrected chi connectivity index (χ2v) is 19.0. The van der Waals surface area contributed by atoms with Crippen molar-refractivity contribution in [1.29, 1.82) is 0 Å². The van der Waals surface area contributed by atoms with Crippen LogP contribution in [-0.2, 0) is 47.2 Å². The number of aromatic nitrogens is 8. The number of hydrogen-bond acceptors (Lipinski definition) is 20. The summed E-state index contributed by atoms with van der Waals surface area (Å²) in [6.45, 7) is -5.76. The highest BCUT2D eigenvalue weighted by Gasteiger charge is 2.54. The molecule has 0 spiro atoms. The second kappa shape index (κ2) is 16.6. The maximum Gasteiger partial charge on any atom is 0.389 e. The molecular weight excluding hydrogens is 845 g/mol. The summed E-state index contributed by atoms with van der Waals surface area (Å²) in [6, 6.07) is 6.26. The predicted octanol–water partition coefficient (Wildman–Crippen LogP) is 2.37. The first kappa shape index (κ1) is 41.4. The molecule has 4 aromatic heterocycles. The summed E-state index contributed by atoms with van der Waals surface area (Å²) in [5.74, 6) is -0.554. The Hall–Kier alpha value is -4.36. The number of rotatable bonds is 9. The van der Waals surface area contributed by atoms with Crippen molar-refractivity contribution in [3.63, 3.8) is 0 Å². The average Bonchev–Trinajstić information content (AvgIpc) is 3.96. The molecule has 1 aromatic carbocycles. The lowest BCUT2D eigenvalue weighted by Gasteiger charge is -2.30. The van der Waals surface area contributed by atoms with Crippen molar-refractivity contribution in [3.05, 3.63) is 59.2 Å². The Labute approximate surface area is 336 Å². The first-order valence-electron chi connectivity index (χ1n) is 17.8. The van der Waals surface area contributed by atoms with Crippen LogP contribution in [0.4, 0.5) is 20.5 Å². The minimum absolute atomic E-state index is 0.0120. The van der Waals surface area contributed by atoms with Crippen molar-refractivity contribution < 1.29 is 55.0 Å². The van der Waals surface area contributed by atoms with Crippen LogP contribution in [0.15, 0.2) is 48.0 Å². The van der Waals surface area contributed by atoms with Crippen LogP contribution >= 0.6 is 25.7 Å². The molecule has 312 valence electrons. The zero-order valence-electron chi connectivity index (χ0n) is 30.4. The number of alkyl halides is 2. The van der Waals surface area contributed by atoms with E-state index in [1.807, 2.05) is 0 Å². The van der Waals surface area contributed by atoms with E-state index in [0.717, 1.165) is 17.2 Å². The van der Waals surface area contributed by atoms with Gasteiger partial charge in [-0.15, -0.1) is 0 Å². The third-order valence-corrected chi connectivity index (χ3v) is 14.1. The van der Waals surface area contributed by atoms with E-state index >= 15 is 8.78 Å². The van der Waals surface area contributed by atoms with Gasteiger partial charge in [-0.25, -0.2) is 33.3 Å². The monoisotopic (exact) mass is 879 g/mol. The second-order valence-electron chi connectivity index (χ2n) is 13.4. The number of fused-ring (bicyclic) bond motifs is 4. The Kier molecular flexibility index (Phi) is 11.6. The minimum atomic E-state index is -4.73. The van der Waals surface area contributed by atoms with Crippen molar-refractivity contribution in [1.82, 2.24) is 39.0 Å². The Balaban J connectivity index is 1.09. The normalized spacial score (nSPS) is 31.4. The number of H-pyrrole nitrogens is 1. The van der Waals surface area contributed by atoms with Crippen molar-refractivity contribution >= 4 is 73.3 Å². The number of imidazole rings is 2. The summed E-state index contributed by atoms with van der Waals surface area (Å²) in [6.07, 6.45) is -10.0. The number of ether oxygens (including phenoxy) is 3. The molecule has 0 aliphatic carbocycles. The predicted molar refractivity (Wildman–Crippen MR) is 204 cm³/mol. The van der Waals surface area contributed by atoms with E-state index in [1.54, 1.807) is 12.1 Å². The largest absolute Gasteiger partial charge is 0.427 e. The SMILES string of the molecule is [B][P@]1(=O)OC[C@H]2O[C@@H](n3cnc4c(N)ncnc43)[C@H](F)[C@@H]2O[P@](=O)(SCc2ccc(OC(=O)CCCN)cc2)OC[C@H]2O[C@@H](n3cnc4c(=O)[nH]c(N)nc43)[C@H](F)[C@@H]2O1. The molecule has 2 radical (unpaired) electrons. The van der Waals surface area contributed by atoms with Gasteiger partial charge >= 0.3 is 12.8 Å². The van der Waals surface area contributed by atoms with E-state index in [1.165, 1.54) is 23.0 Å². The first-order valence-corrected chi connectivity index (χ1v) is 22.5. The first-order chi connectivity index (χ1) is 28.2. The fraction of sp³-hybridized carbons (Fsp3) is 0.452. The number of hydrogen-bond donors (Lipinski definition) is 4. The topological polar surface area (TPSA) is 301 Å². The van der Waals surface area contributed by atoms with Crippen molar-refractivity contribution in [2.45, 2.75) is 67.8 Å². The summed E-state index contributed by atoms with van der Waals surface area (Å²) >= 11 is 0.650. The molecule has 28 heteroatoms. The Bertz CT molecular complexity index is 2520. The molecule has 10 atom stereocenters. The van der Waals surface area contributed by atoms with Gasteiger partial charge in [-0.1, -0.05) is 12.1 Å². The molecule has 0 bridgehead atoms. The van der Waals surface area contributed by atoms with Gasteiger partial charge in [0.15, 0.2) is 47.4 Å². The highest BCUT2D eigenvalue weighted by Crippen LogP contribution is 2.65. The number of carbonyl (C=O) groups is 1. The maximum atomic E-state index is 16.7. The number of nitrogens with two attached hydrogens (primary N) is 3. The van der Waals surface area contributed by atoms with Crippen molar-refractivity contribution in [2.24, 2.45) is 5.73 Å². The molecule has 3 aliphatic rings. The molecular formula is C31H34BF2N11O11P2S. The fourth-order valence-corrected chi connectivity index (χ4v) is 11.0. The summed E-state index contributed by atoms with van der Waals surface area (Å²) < 4.78 is 104. The van der Waals surface area contributed by atoms with E-state index in [2.05, 4.69) is 29.9 Å². The van der Waals surface area contributed by atoms with E-state index < -0.39 is 88.2 Å². The van der Waals surface area contributed by atoms with Crippen LogP contribution in [0.5, 0.6) is 5.75 Å². The van der Waals surface area contributed by atoms with Gasteiger partial charge in [0.05, 0.1) is 25.9 Å². The number of carbonyl (C=O) groups excluding carboxylic acids is 1.